The number of aliphatic hydroxyl groups is 1. The van der Waals surface area contributed by atoms with Gasteiger partial charge in [0.15, 0.2) is 0 Å². The van der Waals surface area contributed by atoms with Crippen LogP contribution in [-0.2, 0) is 9.53 Å². The third-order valence-corrected chi connectivity index (χ3v) is 2.29. The number of allylic oxidation sites excluding steroid dienone is 1. The third kappa shape index (κ3) is 4.30. The zero-order valence-corrected chi connectivity index (χ0v) is 11.5. The van der Waals surface area contributed by atoms with Gasteiger partial charge in [-0.05, 0) is 27.7 Å². The smallest absolute Gasteiger partial charge is 0.338 e. The molecule has 1 rings (SSSR count). The minimum Gasteiger partial charge on any atom is -0.462 e. The number of carbonyl (C=O) groups excluding carboxylic acids is 2. The lowest BCUT2D eigenvalue weighted by molar-refractivity contribution is -0.138. The van der Waals surface area contributed by atoms with Crippen LogP contribution in [0.4, 0.5) is 4.79 Å². The molecule has 0 aromatic rings. The highest BCUT2D eigenvalue weighted by Gasteiger charge is 2.29. The Morgan fingerprint density at radius 1 is 1.53 bits per heavy atom. The van der Waals surface area contributed by atoms with Gasteiger partial charge < -0.3 is 20.5 Å². The fourth-order valence-corrected chi connectivity index (χ4v) is 1.53. The number of rotatable bonds is 2. The lowest BCUT2D eigenvalue weighted by Crippen LogP contribution is -2.49. The van der Waals surface area contributed by atoms with Crippen molar-refractivity contribution in [3.63, 3.8) is 0 Å². The Morgan fingerprint density at radius 2 is 2.16 bits per heavy atom. The lowest BCUT2D eigenvalue weighted by atomic mass is 10.0. The van der Waals surface area contributed by atoms with Crippen LogP contribution in [-0.4, -0.2) is 35.4 Å². The third-order valence-electron chi connectivity index (χ3n) is 2.29. The summed E-state index contributed by atoms with van der Waals surface area (Å²) in [6.07, 6.45) is 0. The first-order chi connectivity index (χ1) is 8.74. The molecule has 0 bridgehead atoms. The van der Waals surface area contributed by atoms with Gasteiger partial charge in [-0.1, -0.05) is 11.8 Å². The van der Waals surface area contributed by atoms with Crippen molar-refractivity contribution in [1.29, 1.82) is 0 Å². The topological polar surface area (TPSA) is 87.7 Å². The molecule has 3 N–H and O–H groups in total. The second-order valence-electron chi connectivity index (χ2n) is 4.62. The summed E-state index contributed by atoms with van der Waals surface area (Å²) >= 11 is 0. The summed E-state index contributed by atoms with van der Waals surface area (Å²) in [5.41, 5.74) is -0.557. The molecule has 6 heteroatoms. The molecule has 1 aliphatic heterocycles. The van der Waals surface area contributed by atoms with Crippen molar-refractivity contribution < 1.29 is 19.4 Å². The summed E-state index contributed by atoms with van der Waals surface area (Å²) in [5, 5.41) is 14.6. The van der Waals surface area contributed by atoms with Gasteiger partial charge in [-0.2, -0.15) is 0 Å². The van der Waals surface area contributed by atoms with Gasteiger partial charge in [0, 0.05) is 5.70 Å². The molecule has 2 amide bonds. The number of nitrogens with one attached hydrogen (secondary N) is 2. The van der Waals surface area contributed by atoms with Gasteiger partial charge in [0.25, 0.3) is 0 Å². The molecule has 1 aliphatic rings. The first-order valence-electron chi connectivity index (χ1n) is 5.95. The largest absolute Gasteiger partial charge is 0.462 e. The minimum absolute atomic E-state index is 0.231. The van der Waals surface area contributed by atoms with E-state index < -0.39 is 23.6 Å². The van der Waals surface area contributed by atoms with E-state index in [0.717, 1.165) is 0 Å². The molecule has 0 saturated heterocycles. The average Bonchev–Trinajstić information content (AvgIpc) is 2.24. The van der Waals surface area contributed by atoms with Crippen LogP contribution in [0.3, 0.4) is 0 Å². The molecule has 104 valence electrons. The quantitative estimate of drug-likeness (QED) is 0.495. The van der Waals surface area contributed by atoms with E-state index in [1.165, 1.54) is 13.8 Å². The molecule has 1 heterocycles. The molecular formula is C13H18N2O4. The predicted molar refractivity (Wildman–Crippen MR) is 68.9 cm³/mol. The van der Waals surface area contributed by atoms with E-state index in [9.17, 15) is 14.7 Å². The first-order valence-corrected chi connectivity index (χ1v) is 5.95. The molecule has 1 unspecified atom stereocenters. The standard InChI is InChI=1S/C13H18N2O4/c1-5-19-11(16)10-8(2)14-12(17)15-9(10)6-7-13(3,4)18/h9,18H,5H2,1-4H3,(H2,14,15,17). The molecule has 6 nitrogen and oxygen atoms in total. The van der Waals surface area contributed by atoms with Gasteiger partial charge in [0.1, 0.15) is 11.6 Å². The Balaban J connectivity index is 3.10. The zero-order chi connectivity index (χ0) is 14.6. The van der Waals surface area contributed by atoms with Crippen molar-refractivity contribution in [2.75, 3.05) is 6.61 Å². The maximum atomic E-state index is 11.8. The van der Waals surface area contributed by atoms with Crippen molar-refractivity contribution in [1.82, 2.24) is 10.6 Å². The van der Waals surface area contributed by atoms with Crippen LogP contribution in [0.1, 0.15) is 27.7 Å². The highest BCUT2D eigenvalue weighted by atomic mass is 16.5. The fraction of sp³-hybridized carbons (Fsp3) is 0.538. The molecule has 0 radical (unpaired) electrons. The minimum atomic E-state index is -1.21. The monoisotopic (exact) mass is 266 g/mol. The maximum absolute atomic E-state index is 11.8. The predicted octanol–water partition coefficient (Wildman–Crippen LogP) is 0.279. The van der Waals surface area contributed by atoms with E-state index in [2.05, 4.69) is 22.5 Å². The molecule has 0 aromatic heterocycles. The molecule has 0 saturated carbocycles. The fourth-order valence-electron chi connectivity index (χ4n) is 1.53. The van der Waals surface area contributed by atoms with Crippen molar-refractivity contribution in [2.24, 2.45) is 0 Å². The Hall–Kier alpha value is -2.00. The molecule has 1 atom stereocenters. The van der Waals surface area contributed by atoms with Gasteiger partial charge >= 0.3 is 12.0 Å². The SMILES string of the molecule is CCOC(=O)C1=C(C)NC(=O)NC1C#CC(C)(C)O. The van der Waals surface area contributed by atoms with Crippen molar-refractivity contribution >= 4 is 12.0 Å². The average molecular weight is 266 g/mol. The van der Waals surface area contributed by atoms with E-state index in [0.29, 0.717) is 5.70 Å². The summed E-state index contributed by atoms with van der Waals surface area (Å²) in [6.45, 7) is 6.56. The summed E-state index contributed by atoms with van der Waals surface area (Å²) in [6, 6.07) is -1.24. The van der Waals surface area contributed by atoms with E-state index in [4.69, 9.17) is 4.74 Å². The summed E-state index contributed by atoms with van der Waals surface area (Å²) in [5.74, 6) is 4.72. The zero-order valence-electron chi connectivity index (χ0n) is 11.5. The number of amides is 2. The van der Waals surface area contributed by atoms with Crippen molar-refractivity contribution in [3.05, 3.63) is 11.3 Å². The second-order valence-corrected chi connectivity index (χ2v) is 4.62. The Morgan fingerprint density at radius 3 is 2.68 bits per heavy atom. The van der Waals surface area contributed by atoms with Gasteiger partial charge in [0.2, 0.25) is 0 Å². The van der Waals surface area contributed by atoms with Crippen LogP contribution in [0.2, 0.25) is 0 Å². The number of ether oxygens (including phenoxy) is 1. The summed E-state index contributed by atoms with van der Waals surface area (Å²) in [4.78, 5) is 23.2. The van der Waals surface area contributed by atoms with Crippen LogP contribution >= 0.6 is 0 Å². The molecular weight excluding hydrogens is 248 g/mol. The summed E-state index contributed by atoms with van der Waals surface area (Å²) < 4.78 is 4.93. The second kappa shape index (κ2) is 5.76. The normalized spacial score (nSPS) is 19.0. The van der Waals surface area contributed by atoms with Gasteiger partial charge in [-0.3, -0.25) is 0 Å². The van der Waals surface area contributed by atoms with E-state index in [-0.39, 0.29) is 12.2 Å². The Kier molecular flexibility index (Phi) is 4.57. The van der Waals surface area contributed by atoms with Crippen LogP contribution in [0, 0.1) is 11.8 Å². The molecule has 0 spiro atoms. The van der Waals surface area contributed by atoms with E-state index in [1.807, 2.05) is 0 Å². The van der Waals surface area contributed by atoms with Gasteiger partial charge in [-0.25, -0.2) is 9.59 Å². The number of carbonyl (C=O) groups is 2. The van der Waals surface area contributed by atoms with Gasteiger partial charge in [-0.15, -0.1) is 0 Å². The van der Waals surface area contributed by atoms with Crippen molar-refractivity contribution in [3.8, 4) is 11.8 Å². The molecule has 0 fully saturated rings. The molecule has 19 heavy (non-hydrogen) atoms. The van der Waals surface area contributed by atoms with Crippen LogP contribution in [0.5, 0.6) is 0 Å². The Bertz CT molecular complexity index is 477. The van der Waals surface area contributed by atoms with Crippen LogP contribution in [0.15, 0.2) is 11.3 Å². The highest BCUT2D eigenvalue weighted by Crippen LogP contribution is 2.14. The number of hydrogen-bond donors (Lipinski definition) is 3. The maximum Gasteiger partial charge on any atom is 0.338 e. The van der Waals surface area contributed by atoms with Gasteiger partial charge in [0.05, 0.1) is 12.2 Å². The van der Waals surface area contributed by atoms with Crippen LogP contribution < -0.4 is 10.6 Å². The summed E-state index contributed by atoms with van der Waals surface area (Å²) in [7, 11) is 0. The first kappa shape index (κ1) is 15.1. The van der Waals surface area contributed by atoms with Crippen molar-refractivity contribution in [2.45, 2.75) is 39.3 Å². The highest BCUT2D eigenvalue weighted by molar-refractivity contribution is 5.95. The molecule has 0 aliphatic carbocycles. The lowest BCUT2D eigenvalue weighted by Gasteiger charge is -2.24. The van der Waals surface area contributed by atoms with E-state index in [1.54, 1.807) is 13.8 Å². The Labute approximate surface area is 112 Å². The number of esters is 1. The number of urea groups is 1. The van der Waals surface area contributed by atoms with E-state index >= 15 is 0 Å². The number of hydrogen-bond acceptors (Lipinski definition) is 4. The van der Waals surface area contributed by atoms with Crippen LogP contribution in [0.25, 0.3) is 0 Å². The molecule has 0 aromatic carbocycles.